The highest BCUT2D eigenvalue weighted by Crippen LogP contribution is 2.11. The lowest BCUT2D eigenvalue weighted by atomic mass is 10.1. The zero-order valence-electron chi connectivity index (χ0n) is 12.2. The molecule has 1 fully saturated rings. The van der Waals surface area contributed by atoms with Gasteiger partial charge >= 0.3 is 0 Å². The van der Waals surface area contributed by atoms with E-state index in [0.717, 1.165) is 13.0 Å². The smallest absolute Gasteiger partial charge is 0.237 e. The van der Waals surface area contributed by atoms with Gasteiger partial charge in [0.05, 0.1) is 18.8 Å². The highest BCUT2D eigenvalue weighted by molar-refractivity contribution is 5.81. The average Bonchev–Trinajstić information content (AvgIpc) is 2.42. The SMILES string of the molecule is COCCCNC(=O)C(C)N1CCOC(C(C)N)C1. The van der Waals surface area contributed by atoms with Crippen molar-refractivity contribution in [1.29, 1.82) is 0 Å². The maximum atomic E-state index is 12.0. The summed E-state index contributed by atoms with van der Waals surface area (Å²) in [7, 11) is 1.66. The van der Waals surface area contributed by atoms with E-state index in [1.807, 2.05) is 13.8 Å². The number of ether oxygens (including phenoxy) is 2. The van der Waals surface area contributed by atoms with Crippen LogP contribution < -0.4 is 11.1 Å². The lowest BCUT2D eigenvalue weighted by Gasteiger charge is -2.37. The van der Waals surface area contributed by atoms with Crippen molar-refractivity contribution < 1.29 is 14.3 Å². The first kappa shape index (κ1) is 16.4. The van der Waals surface area contributed by atoms with E-state index in [1.54, 1.807) is 7.11 Å². The summed E-state index contributed by atoms with van der Waals surface area (Å²) in [6, 6.07) is -0.160. The highest BCUT2D eigenvalue weighted by atomic mass is 16.5. The van der Waals surface area contributed by atoms with E-state index in [0.29, 0.717) is 26.3 Å². The van der Waals surface area contributed by atoms with Gasteiger partial charge in [0.25, 0.3) is 0 Å². The minimum Gasteiger partial charge on any atom is -0.385 e. The van der Waals surface area contributed by atoms with Crippen LogP contribution in [-0.4, -0.2) is 69.0 Å². The maximum Gasteiger partial charge on any atom is 0.237 e. The highest BCUT2D eigenvalue weighted by Gasteiger charge is 2.29. The van der Waals surface area contributed by atoms with Crippen molar-refractivity contribution in [1.82, 2.24) is 10.2 Å². The number of methoxy groups -OCH3 is 1. The van der Waals surface area contributed by atoms with Crippen LogP contribution >= 0.6 is 0 Å². The van der Waals surface area contributed by atoms with Gasteiger partial charge in [-0.3, -0.25) is 9.69 Å². The van der Waals surface area contributed by atoms with Crippen molar-refractivity contribution in [2.45, 2.75) is 38.5 Å². The molecule has 0 aliphatic carbocycles. The van der Waals surface area contributed by atoms with Gasteiger partial charge in [-0.25, -0.2) is 0 Å². The van der Waals surface area contributed by atoms with Gasteiger partial charge in [-0.05, 0) is 20.3 Å². The summed E-state index contributed by atoms with van der Waals surface area (Å²) < 4.78 is 10.5. The first-order chi connectivity index (χ1) is 9.06. The molecule has 3 unspecified atom stereocenters. The third kappa shape index (κ3) is 5.44. The summed E-state index contributed by atoms with van der Waals surface area (Å²) in [6.45, 7) is 7.30. The number of morpholine rings is 1. The molecule has 1 saturated heterocycles. The number of carbonyl (C=O) groups excluding carboxylic acids is 1. The fraction of sp³-hybridized carbons (Fsp3) is 0.923. The Hall–Kier alpha value is -0.690. The molecule has 0 saturated carbocycles. The number of rotatable bonds is 7. The topological polar surface area (TPSA) is 76.8 Å². The Morgan fingerprint density at radius 2 is 2.32 bits per heavy atom. The molecule has 0 aromatic carbocycles. The molecule has 6 nitrogen and oxygen atoms in total. The predicted molar refractivity (Wildman–Crippen MR) is 73.9 cm³/mol. The molecule has 1 rings (SSSR count). The molecule has 1 aliphatic rings. The second-order valence-electron chi connectivity index (χ2n) is 5.08. The van der Waals surface area contributed by atoms with Gasteiger partial charge in [-0.1, -0.05) is 0 Å². The number of nitrogens with two attached hydrogens (primary N) is 1. The molecule has 1 heterocycles. The second-order valence-corrected chi connectivity index (χ2v) is 5.08. The van der Waals surface area contributed by atoms with E-state index in [1.165, 1.54) is 0 Å². The normalized spacial score (nSPS) is 23.9. The molecular weight excluding hydrogens is 246 g/mol. The van der Waals surface area contributed by atoms with Crippen LogP contribution in [0.5, 0.6) is 0 Å². The second kappa shape index (κ2) is 8.47. The molecule has 0 aromatic heterocycles. The Labute approximate surface area is 115 Å². The zero-order valence-corrected chi connectivity index (χ0v) is 12.2. The molecule has 3 N–H and O–H groups in total. The summed E-state index contributed by atoms with van der Waals surface area (Å²) >= 11 is 0. The molecule has 3 atom stereocenters. The molecule has 19 heavy (non-hydrogen) atoms. The summed E-state index contributed by atoms with van der Waals surface area (Å²) in [5.74, 6) is 0.0569. The summed E-state index contributed by atoms with van der Waals surface area (Å²) in [5.41, 5.74) is 5.85. The van der Waals surface area contributed by atoms with Gasteiger partial charge in [0.15, 0.2) is 0 Å². The number of nitrogens with one attached hydrogen (secondary N) is 1. The summed E-state index contributed by atoms with van der Waals surface area (Å²) in [6.07, 6.45) is 0.845. The number of amides is 1. The standard InChI is InChI=1S/C13H27N3O3/c1-10(14)12-9-16(6-8-19-12)11(2)13(17)15-5-4-7-18-3/h10-12H,4-9,14H2,1-3H3,(H,15,17). The first-order valence-corrected chi connectivity index (χ1v) is 6.94. The van der Waals surface area contributed by atoms with Gasteiger partial charge < -0.3 is 20.5 Å². The fourth-order valence-corrected chi connectivity index (χ4v) is 2.11. The van der Waals surface area contributed by atoms with Crippen molar-refractivity contribution >= 4 is 5.91 Å². The van der Waals surface area contributed by atoms with Crippen LogP contribution in [-0.2, 0) is 14.3 Å². The monoisotopic (exact) mass is 273 g/mol. The first-order valence-electron chi connectivity index (χ1n) is 6.94. The molecular formula is C13H27N3O3. The molecule has 0 radical (unpaired) electrons. The number of hydrogen-bond acceptors (Lipinski definition) is 5. The quantitative estimate of drug-likeness (QED) is 0.616. The molecule has 1 amide bonds. The third-order valence-corrected chi connectivity index (χ3v) is 3.46. The van der Waals surface area contributed by atoms with Crippen molar-refractivity contribution in [3.8, 4) is 0 Å². The van der Waals surface area contributed by atoms with Crippen molar-refractivity contribution in [3.63, 3.8) is 0 Å². The maximum absolute atomic E-state index is 12.0. The lowest BCUT2D eigenvalue weighted by molar-refractivity contribution is -0.129. The summed E-state index contributed by atoms with van der Waals surface area (Å²) in [5, 5.41) is 2.93. The van der Waals surface area contributed by atoms with Crippen LogP contribution in [0.4, 0.5) is 0 Å². The average molecular weight is 273 g/mol. The van der Waals surface area contributed by atoms with E-state index in [4.69, 9.17) is 15.2 Å². The number of nitrogens with zero attached hydrogens (tertiary/aromatic N) is 1. The molecule has 0 bridgehead atoms. The zero-order chi connectivity index (χ0) is 14.3. The molecule has 112 valence electrons. The van der Waals surface area contributed by atoms with E-state index in [2.05, 4.69) is 10.2 Å². The molecule has 6 heteroatoms. The van der Waals surface area contributed by atoms with E-state index >= 15 is 0 Å². The molecule has 0 spiro atoms. The fourth-order valence-electron chi connectivity index (χ4n) is 2.11. The van der Waals surface area contributed by atoms with Gasteiger partial charge in [0.2, 0.25) is 5.91 Å². The van der Waals surface area contributed by atoms with E-state index in [9.17, 15) is 4.79 Å². The third-order valence-electron chi connectivity index (χ3n) is 3.46. The Morgan fingerprint density at radius 3 is 2.95 bits per heavy atom. The van der Waals surface area contributed by atoms with Gasteiger partial charge in [0, 0.05) is 39.4 Å². The van der Waals surface area contributed by atoms with Crippen LogP contribution in [0.1, 0.15) is 20.3 Å². The minimum absolute atomic E-state index is 0.0116. The minimum atomic E-state index is -0.146. The predicted octanol–water partition coefficient (Wildman–Crippen LogP) is -0.424. The number of carbonyl (C=O) groups is 1. The molecule has 1 aliphatic heterocycles. The Morgan fingerprint density at radius 1 is 1.58 bits per heavy atom. The lowest BCUT2D eigenvalue weighted by Crippen LogP contribution is -2.55. The van der Waals surface area contributed by atoms with Crippen LogP contribution in [0.15, 0.2) is 0 Å². The number of hydrogen-bond donors (Lipinski definition) is 2. The Bertz CT molecular complexity index is 274. The van der Waals surface area contributed by atoms with Crippen LogP contribution in [0.2, 0.25) is 0 Å². The van der Waals surface area contributed by atoms with Crippen molar-refractivity contribution in [2.75, 3.05) is 40.0 Å². The van der Waals surface area contributed by atoms with Gasteiger partial charge in [-0.15, -0.1) is 0 Å². The Balaban J connectivity index is 2.34. The molecule has 0 aromatic rings. The van der Waals surface area contributed by atoms with Crippen molar-refractivity contribution in [3.05, 3.63) is 0 Å². The van der Waals surface area contributed by atoms with Crippen LogP contribution in [0.25, 0.3) is 0 Å². The summed E-state index contributed by atoms with van der Waals surface area (Å²) in [4.78, 5) is 14.1. The van der Waals surface area contributed by atoms with Gasteiger partial charge in [0.1, 0.15) is 0 Å². The van der Waals surface area contributed by atoms with E-state index < -0.39 is 0 Å². The van der Waals surface area contributed by atoms with E-state index in [-0.39, 0.29) is 24.1 Å². The van der Waals surface area contributed by atoms with Crippen LogP contribution in [0.3, 0.4) is 0 Å². The van der Waals surface area contributed by atoms with Crippen molar-refractivity contribution in [2.24, 2.45) is 5.73 Å². The van der Waals surface area contributed by atoms with Crippen LogP contribution in [0, 0.1) is 0 Å². The Kier molecular flexibility index (Phi) is 7.30. The largest absolute Gasteiger partial charge is 0.385 e. The van der Waals surface area contributed by atoms with Gasteiger partial charge in [-0.2, -0.15) is 0 Å².